The molecule has 2 N–H and O–H groups in total. The first-order valence-electron chi connectivity index (χ1n) is 9.11. The quantitative estimate of drug-likeness (QED) is 0.355. The summed E-state index contributed by atoms with van der Waals surface area (Å²) in [4.78, 5) is 10.8. The fourth-order valence-electron chi connectivity index (χ4n) is 2.92. The summed E-state index contributed by atoms with van der Waals surface area (Å²) < 4.78 is 7.43. The summed E-state index contributed by atoms with van der Waals surface area (Å²) >= 11 is 0. The van der Waals surface area contributed by atoms with Gasteiger partial charge in [0.1, 0.15) is 0 Å². The first kappa shape index (κ1) is 21.6. The summed E-state index contributed by atoms with van der Waals surface area (Å²) in [7, 11) is 1.80. The Morgan fingerprint density at radius 2 is 1.89 bits per heavy atom. The minimum absolute atomic E-state index is 0. The van der Waals surface area contributed by atoms with Crippen LogP contribution < -0.4 is 10.6 Å². The maximum atomic E-state index is 5.37. The number of aromatic nitrogens is 2. The van der Waals surface area contributed by atoms with Crippen molar-refractivity contribution in [3.05, 3.63) is 54.1 Å². The molecule has 1 aromatic carbocycles. The molecule has 148 valence electrons. The Morgan fingerprint density at radius 1 is 1.15 bits per heavy atom. The van der Waals surface area contributed by atoms with E-state index in [-0.39, 0.29) is 24.0 Å². The van der Waals surface area contributed by atoms with Crippen LogP contribution in [-0.4, -0.2) is 66.9 Å². The number of nitrogens with zero attached hydrogens (tertiary/aromatic N) is 4. The van der Waals surface area contributed by atoms with E-state index >= 15 is 0 Å². The molecule has 8 heteroatoms. The molecule has 2 heterocycles. The van der Waals surface area contributed by atoms with Crippen LogP contribution in [0.15, 0.2) is 48.0 Å². The zero-order valence-corrected chi connectivity index (χ0v) is 18.1. The third-order valence-electron chi connectivity index (χ3n) is 4.46. The number of morpholine rings is 1. The van der Waals surface area contributed by atoms with E-state index in [4.69, 9.17) is 4.74 Å². The molecule has 1 aliphatic heterocycles. The van der Waals surface area contributed by atoms with E-state index in [1.807, 2.05) is 12.5 Å². The number of hydrogen-bond acceptors (Lipinski definition) is 4. The van der Waals surface area contributed by atoms with Gasteiger partial charge in [-0.15, -0.1) is 24.0 Å². The molecule has 3 rings (SSSR count). The predicted molar refractivity (Wildman–Crippen MR) is 119 cm³/mol. The van der Waals surface area contributed by atoms with Crippen LogP contribution >= 0.6 is 24.0 Å². The smallest absolute Gasteiger partial charge is 0.191 e. The molecule has 27 heavy (non-hydrogen) atoms. The molecular weight excluding hydrogens is 455 g/mol. The second-order valence-electron chi connectivity index (χ2n) is 6.36. The zero-order chi connectivity index (χ0) is 18.0. The highest BCUT2D eigenvalue weighted by Gasteiger charge is 2.09. The topological polar surface area (TPSA) is 66.7 Å². The summed E-state index contributed by atoms with van der Waals surface area (Å²) in [6, 6.07) is 8.62. The van der Waals surface area contributed by atoms with E-state index < -0.39 is 0 Å². The molecule has 1 saturated heterocycles. The first-order valence-corrected chi connectivity index (χ1v) is 9.11. The third-order valence-corrected chi connectivity index (χ3v) is 4.46. The van der Waals surface area contributed by atoms with Crippen LogP contribution in [0.25, 0.3) is 0 Å². The lowest BCUT2D eigenvalue weighted by Gasteiger charge is -2.26. The lowest BCUT2D eigenvalue weighted by Crippen LogP contribution is -2.44. The molecule has 7 nitrogen and oxygen atoms in total. The van der Waals surface area contributed by atoms with Gasteiger partial charge in [-0.05, 0) is 11.1 Å². The van der Waals surface area contributed by atoms with Crippen molar-refractivity contribution in [2.45, 2.75) is 13.1 Å². The van der Waals surface area contributed by atoms with Crippen LogP contribution in [0.3, 0.4) is 0 Å². The molecule has 0 amide bonds. The standard InChI is InChI=1S/C19H28N6O.HI/c1-20-19(22-7-9-24-10-12-26-13-11-24)23-14-17-2-4-18(5-3-17)15-25-8-6-21-16-25;/h2-6,8,16H,7,9-15H2,1H3,(H2,20,22,23);1H. The van der Waals surface area contributed by atoms with Crippen molar-refractivity contribution < 1.29 is 4.74 Å². The maximum Gasteiger partial charge on any atom is 0.191 e. The van der Waals surface area contributed by atoms with Crippen molar-refractivity contribution in [3.8, 4) is 0 Å². The first-order chi connectivity index (χ1) is 12.8. The summed E-state index contributed by atoms with van der Waals surface area (Å²) in [5.74, 6) is 0.834. The molecule has 0 radical (unpaired) electrons. The van der Waals surface area contributed by atoms with E-state index in [2.05, 4.69) is 54.3 Å². The second-order valence-corrected chi connectivity index (χ2v) is 6.36. The van der Waals surface area contributed by atoms with Crippen molar-refractivity contribution in [3.63, 3.8) is 0 Å². The summed E-state index contributed by atoms with van der Waals surface area (Å²) in [6.07, 6.45) is 5.61. The number of benzene rings is 1. The van der Waals surface area contributed by atoms with E-state index in [0.29, 0.717) is 0 Å². The molecule has 1 aliphatic rings. The number of guanidine groups is 1. The van der Waals surface area contributed by atoms with Gasteiger partial charge < -0.3 is 19.9 Å². The monoisotopic (exact) mass is 484 g/mol. The summed E-state index contributed by atoms with van der Waals surface area (Å²) in [5.41, 5.74) is 2.50. The number of imidazole rings is 1. The van der Waals surface area contributed by atoms with Crippen molar-refractivity contribution in [1.29, 1.82) is 0 Å². The second kappa shape index (κ2) is 11.9. The van der Waals surface area contributed by atoms with E-state index in [1.54, 1.807) is 13.2 Å². The Kier molecular flexibility index (Phi) is 9.57. The number of nitrogens with one attached hydrogen (secondary N) is 2. The van der Waals surface area contributed by atoms with Crippen molar-refractivity contribution in [2.75, 3.05) is 46.4 Å². The SMILES string of the molecule is CN=C(NCCN1CCOCC1)NCc1ccc(Cn2ccnc2)cc1.I. The van der Waals surface area contributed by atoms with Gasteiger partial charge in [-0.25, -0.2) is 4.98 Å². The molecule has 0 aliphatic carbocycles. The number of ether oxygens (including phenoxy) is 1. The average molecular weight is 484 g/mol. The van der Waals surface area contributed by atoms with Gasteiger partial charge in [0.2, 0.25) is 0 Å². The molecular formula is C19H29IN6O. The number of halogens is 1. The average Bonchev–Trinajstić information content (AvgIpc) is 3.19. The predicted octanol–water partition coefficient (Wildman–Crippen LogP) is 1.55. The van der Waals surface area contributed by atoms with Gasteiger partial charge >= 0.3 is 0 Å². The molecule has 0 unspecified atom stereocenters. The number of hydrogen-bond donors (Lipinski definition) is 2. The highest BCUT2D eigenvalue weighted by molar-refractivity contribution is 14.0. The Bertz CT molecular complexity index is 668. The molecule has 1 fully saturated rings. The van der Waals surface area contributed by atoms with Crippen LogP contribution in [0.4, 0.5) is 0 Å². The Hall–Kier alpha value is -1.65. The van der Waals surface area contributed by atoms with Crippen LogP contribution in [-0.2, 0) is 17.8 Å². The van der Waals surface area contributed by atoms with E-state index in [0.717, 1.165) is 58.4 Å². The zero-order valence-electron chi connectivity index (χ0n) is 15.8. The largest absolute Gasteiger partial charge is 0.379 e. The summed E-state index contributed by atoms with van der Waals surface area (Å²) in [5, 5.41) is 6.74. The third kappa shape index (κ3) is 7.47. The van der Waals surface area contributed by atoms with E-state index in [1.165, 1.54) is 11.1 Å². The minimum Gasteiger partial charge on any atom is -0.379 e. The molecule has 0 bridgehead atoms. The van der Waals surface area contributed by atoms with Crippen molar-refractivity contribution in [2.24, 2.45) is 4.99 Å². The van der Waals surface area contributed by atoms with Gasteiger partial charge in [-0.2, -0.15) is 0 Å². The molecule has 2 aromatic rings. The van der Waals surface area contributed by atoms with Gasteiger partial charge in [-0.1, -0.05) is 24.3 Å². The maximum absolute atomic E-state index is 5.37. The van der Waals surface area contributed by atoms with Crippen LogP contribution in [0.2, 0.25) is 0 Å². The number of rotatable bonds is 7. The number of aliphatic imine (C=N–C) groups is 1. The van der Waals surface area contributed by atoms with Gasteiger partial charge in [0.15, 0.2) is 5.96 Å². The normalized spacial score (nSPS) is 15.2. The molecule has 0 saturated carbocycles. The van der Waals surface area contributed by atoms with Crippen LogP contribution in [0.5, 0.6) is 0 Å². The Balaban J connectivity index is 0.00000261. The van der Waals surface area contributed by atoms with Gasteiger partial charge in [-0.3, -0.25) is 9.89 Å². The molecule has 0 spiro atoms. The fourth-order valence-corrected chi connectivity index (χ4v) is 2.92. The Labute approximate surface area is 178 Å². The summed E-state index contributed by atoms with van der Waals surface area (Å²) in [6.45, 7) is 7.18. The minimum atomic E-state index is 0. The van der Waals surface area contributed by atoms with Gasteiger partial charge in [0, 0.05) is 58.7 Å². The van der Waals surface area contributed by atoms with Crippen molar-refractivity contribution in [1.82, 2.24) is 25.1 Å². The van der Waals surface area contributed by atoms with Crippen LogP contribution in [0, 0.1) is 0 Å². The van der Waals surface area contributed by atoms with Crippen LogP contribution in [0.1, 0.15) is 11.1 Å². The van der Waals surface area contributed by atoms with Crippen molar-refractivity contribution >= 4 is 29.9 Å². The highest BCUT2D eigenvalue weighted by Crippen LogP contribution is 2.06. The Morgan fingerprint density at radius 3 is 2.56 bits per heavy atom. The lowest BCUT2D eigenvalue weighted by molar-refractivity contribution is 0.0389. The lowest BCUT2D eigenvalue weighted by atomic mass is 10.1. The highest BCUT2D eigenvalue weighted by atomic mass is 127. The van der Waals surface area contributed by atoms with E-state index in [9.17, 15) is 0 Å². The van der Waals surface area contributed by atoms with Gasteiger partial charge in [0.25, 0.3) is 0 Å². The molecule has 0 atom stereocenters. The van der Waals surface area contributed by atoms with Gasteiger partial charge in [0.05, 0.1) is 19.5 Å². The fraction of sp³-hybridized carbons (Fsp3) is 0.474. The molecule has 1 aromatic heterocycles.